The lowest BCUT2D eigenvalue weighted by Gasteiger charge is -2.22. The molecule has 108 valence electrons. The molecule has 0 aliphatic rings. The molecule has 0 spiro atoms. The number of aryl methyl sites for hydroxylation is 1. The average molecular weight is 295 g/mol. The molecular weight excluding hydrogens is 276 g/mol. The minimum Gasteiger partial charge on any atom is -0.339 e. The van der Waals surface area contributed by atoms with Crippen LogP contribution in [0.4, 0.5) is 0 Å². The highest BCUT2D eigenvalue weighted by Crippen LogP contribution is 2.27. The Morgan fingerprint density at radius 2 is 2.15 bits per heavy atom. The molecule has 0 bridgehead atoms. The van der Waals surface area contributed by atoms with E-state index in [1.54, 1.807) is 18.3 Å². The van der Waals surface area contributed by atoms with Crippen LogP contribution < -0.4 is 5.73 Å². The number of hydrogen-bond donors (Lipinski definition) is 1. The summed E-state index contributed by atoms with van der Waals surface area (Å²) in [6, 6.07) is 3.52. The van der Waals surface area contributed by atoms with Crippen molar-refractivity contribution in [2.24, 2.45) is 11.1 Å². The number of pyridine rings is 1. The predicted molar refractivity (Wildman–Crippen MR) is 78.3 cm³/mol. The van der Waals surface area contributed by atoms with Crippen molar-refractivity contribution >= 4 is 11.6 Å². The Morgan fingerprint density at radius 1 is 1.35 bits per heavy atom. The molecule has 0 atom stereocenters. The average Bonchev–Trinajstić information content (AvgIpc) is 2.86. The summed E-state index contributed by atoms with van der Waals surface area (Å²) in [5, 5.41) is 4.45. The van der Waals surface area contributed by atoms with E-state index in [4.69, 9.17) is 21.9 Å². The fraction of sp³-hybridized carbons (Fsp3) is 0.500. The Hall–Kier alpha value is -1.46. The molecule has 0 radical (unpaired) electrons. The number of rotatable bonds is 6. The Balaban J connectivity index is 2.05. The number of aromatic nitrogens is 3. The molecule has 6 heteroatoms. The van der Waals surface area contributed by atoms with Gasteiger partial charge in [0, 0.05) is 12.6 Å². The second-order valence-electron chi connectivity index (χ2n) is 5.55. The molecule has 0 saturated heterocycles. The Kier molecular flexibility index (Phi) is 4.73. The molecule has 5 nitrogen and oxygen atoms in total. The lowest BCUT2D eigenvalue weighted by Crippen LogP contribution is -2.17. The van der Waals surface area contributed by atoms with Crippen molar-refractivity contribution in [1.82, 2.24) is 15.1 Å². The van der Waals surface area contributed by atoms with Crippen LogP contribution in [-0.4, -0.2) is 21.7 Å². The smallest absolute Gasteiger partial charge is 0.227 e. The number of nitrogens with two attached hydrogens (primary N) is 1. The second-order valence-corrected chi connectivity index (χ2v) is 5.96. The standard InChI is InChI=1S/C14H19ClN4O/c1-14(2,7-8-16)6-5-11-18-13(19-20-11)12-10(15)4-3-9-17-12/h3-4,9H,5-8,16H2,1-2H3. The Labute approximate surface area is 123 Å². The highest BCUT2D eigenvalue weighted by molar-refractivity contribution is 6.32. The van der Waals surface area contributed by atoms with Gasteiger partial charge in [0.25, 0.3) is 0 Å². The van der Waals surface area contributed by atoms with E-state index in [-0.39, 0.29) is 5.41 Å². The van der Waals surface area contributed by atoms with Gasteiger partial charge in [0.2, 0.25) is 11.7 Å². The first-order chi connectivity index (χ1) is 9.52. The quantitative estimate of drug-likeness (QED) is 0.885. The van der Waals surface area contributed by atoms with Crippen molar-refractivity contribution in [3.05, 3.63) is 29.2 Å². The van der Waals surface area contributed by atoms with Gasteiger partial charge in [-0.05, 0) is 36.9 Å². The molecule has 2 aromatic heterocycles. The van der Waals surface area contributed by atoms with Gasteiger partial charge in [-0.2, -0.15) is 4.98 Å². The predicted octanol–water partition coefficient (Wildman–Crippen LogP) is 3.09. The van der Waals surface area contributed by atoms with E-state index < -0.39 is 0 Å². The minimum atomic E-state index is 0.173. The fourth-order valence-corrected chi connectivity index (χ4v) is 2.17. The molecule has 0 aliphatic carbocycles. The highest BCUT2D eigenvalue weighted by Gasteiger charge is 2.19. The third-order valence-electron chi connectivity index (χ3n) is 3.28. The van der Waals surface area contributed by atoms with Gasteiger partial charge in [-0.25, -0.2) is 0 Å². The summed E-state index contributed by atoms with van der Waals surface area (Å²) in [5.41, 5.74) is 6.33. The van der Waals surface area contributed by atoms with Crippen LogP contribution in [0, 0.1) is 5.41 Å². The van der Waals surface area contributed by atoms with E-state index in [9.17, 15) is 0 Å². The van der Waals surface area contributed by atoms with Gasteiger partial charge in [0.05, 0.1) is 5.02 Å². The van der Waals surface area contributed by atoms with Crippen LogP contribution >= 0.6 is 11.6 Å². The normalized spacial score (nSPS) is 11.8. The summed E-state index contributed by atoms with van der Waals surface area (Å²) in [6.45, 7) is 5.06. The topological polar surface area (TPSA) is 77.8 Å². The zero-order chi connectivity index (χ0) is 14.6. The number of nitrogens with zero attached hydrogens (tertiary/aromatic N) is 3. The van der Waals surface area contributed by atoms with Gasteiger partial charge in [0.15, 0.2) is 0 Å². The molecule has 2 aromatic rings. The van der Waals surface area contributed by atoms with E-state index in [1.165, 1.54) is 0 Å². The summed E-state index contributed by atoms with van der Waals surface area (Å²) in [6.07, 6.45) is 4.30. The zero-order valence-electron chi connectivity index (χ0n) is 11.8. The van der Waals surface area contributed by atoms with E-state index >= 15 is 0 Å². The minimum absolute atomic E-state index is 0.173. The van der Waals surface area contributed by atoms with E-state index in [0.717, 1.165) is 19.3 Å². The third-order valence-corrected chi connectivity index (χ3v) is 3.58. The van der Waals surface area contributed by atoms with Gasteiger partial charge in [-0.3, -0.25) is 4.98 Å². The maximum absolute atomic E-state index is 6.06. The summed E-state index contributed by atoms with van der Waals surface area (Å²) >= 11 is 6.06. The molecule has 0 saturated carbocycles. The van der Waals surface area contributed by atoms with Gasteiger partial charge >= 0.3 is 0 Å². The molecule has 2 heterocycles. The molecule has 2 rings (SSSR count). The molecule has 0 aliphatic heterocycles. The summed E-state index contributed by atoms with van der Waals surface area (Å²) in [4.78, 5) is 8.52. The van der Waals surface area contributed by atoms with E-state index in [0.29, 0.717) is 29.0 Å². The lowest BCUT2D eigenvalue weighted by molar-refractivity contribution is 0.289. The second kappa shape index (κ2) is 6.33. The van der Waals surface area contributed by atoms with Crippen LogP contribution in [0.15, 0.2) is 22.9 Å². The summed E-state index contributed by atoms with van der Waals surface area (Å²) in [5.74, 6) is 1.04. The van der Waals surface area contributed by atoms with Crippen molar-refractivity contribution in [3.63, 3.8) is 0 Å². The number of hydrogen-bond acceptors (Lipinski definition) is 5. The first kappa shape index (κ1) is 14.9. The van der Waals surface area contributed by atoms with E-state index in [2.05, 4.69) is 29.0 Å². The van der Waals surface area contributed by atoms with Crippen LogP contribution in [0.5, 0.6) is 0 Å². The van der Waals surface area contributed by atoms with Crippen LogP contribution in [0.25, 0.3) is 11.5 Å². The molecular formula is C14H19ClN4O. The van der Waals surface area contributed by atoms with Crippen LogP contribution in [0.1, 0.15) is 32.6 Å². The summed E-state index contributed by atoms with van der Waals surface area (Å²) < 4.78 is 5.26. The Bertz CT molecular complexity index is 568. The molecule has 0 amide bonds. The van der Waals surface area contributed by atoms with Gasteiger partial charge in [0.1, 0.15) is 5.69 Å². The van der Waals surface area contributed by atoms with Crippen molar-refractivity contribution in [3.8, 4) is 11.5 Å². The van der Waals surface area contributed by atoms with Gasteiger partial charge < -0.3 is 10.3 Å². The molecule has 0 unspecified atom stereocenters. The molecule has 0 aromatic carbocycles. The maximum Gasteiger partial charge on any atom is 0.227 e. The molecule has 0 fully saturated rings. The summed E-state index contributed by atoms with van der Waals surface area (Å²) in [7, 11) is 0. The number of halogens is 1. The SMILES string of the molecule is CC(C)(CCN)CCc1nc(-c2ncccc2Cl)no1. The van der Waals surface area contributed by atoms with Crippen LogP contribution in [0.2, 0.25) is 5.02 Å². The largest absolute Gasteiger partial charge is 0.339 e. The molecule has 2 N–H and O–H groups in total. The van der Waals surface area contributed by atoms with Crippen LogP contribution in [0.3, 0.4) is 0 Å². The van der Waals surface area contributed by atoms with E-state index in [1.807, 2.05) is 0 Å². The highest BCUT2D eigenvalue weighted by atomic mass is 35.5. The van der Waals surface area contributed by atoms with Crippen molar-refractivity contribution in [2.45, 2.75) is 33.1 Å². The zero-order valence-corrected chi connectivity index (χ0v) is 12.5. The van der Waals surface area contributed by atoms with Crippen LogP contribution in [-0.2, 0) is 6.42 Å². The van der Waals surface area contributed by atoms with Crippen molar-refractivity contribution < 1.29 is 4.52 Å². The van der Waals surface area contributed by atoms with Crippen molar-refractivity contribution in [1.29, 1.82) is 0 Å². The first-order valence-electron chi connectivity index (χ1n) is 6.65. The van der Waals surface area contributed by atoms with Gasteiger partial charge in [-0.1, -0.05) is 30.6 Å². The maximum atomic E-state index is 6.06. The third kappa shape index (κ3) is 3.77. The van der Waals surface area contributed by atoms with Crippen molar-refractivity contribution in [2.75, 3.05) is 6.54 Å². The lowest BCUT2D eigenvalue weighted by atomic mass is 9.84. The van der Waals surface area contributed by atoms with Gasteiger partial charge in [-0.15, -0.1) is 0 Å². The monoisotopic (exact) mass is 294 g/mol. The fourth-order valence-electron chi connectivity index (χ4n) is 1.96. The first-order valence-corrected chi connectivity index (χ1v) is 7.03. The molecule has 20 heavy (non-hydrogen) atoms. The Morgan fingerprint density at radius 3 is 2.85 bits per heavy atom.